The molecule has 51 heavy (non-hydrogen) atoms. The van der Waals surface area contributed by atoms with E-state index in [0.717, 1.165) is 49.7 Å². The predicted octanol–water partition coefficient (Wildman–Crippen LogP) is 10.9. The summed E-state index contributed by atoms with van der Waals surface area (Å²) < 4.78 is 0. The molecule has 0 aliphatic heterocycles. The van der Waals surface area contributed by atoms with Crippen LogP contribution in [0, 0.1) is 11.3 Å². The molecule has 0 fully saturated rings. The second-order valence-corrected chi connectivity index (χ2v) is 13.5. The van der Waals surface area contributed by atoms with Gasteiger partial charge in [-0.25, -0.2) is 15.0 Å². The van der Waals surface area contributed by atoms with E-state index < -0.39 is 0 Å². The van der Waals surface area contributed by atoms with Crippen LogP contribution in [-0.2, 0) is 5.41 Å². The van der Waals surface area contributed by atoms with Gasteiger partial charge in [0.05, 0.1) is 11.6 Å². The Morgan fingerprint density at radius 1 is 0.471 bits per heavy atom. The van der Waals surface area contributed by atoms with Gasteiger partial charge in [0.15, 0.2) is 17.5 Å². The molecule has 0 amide bonds. The van der Waals surface area contributed by atoms with Gasteiger partial charge in [-0.3, -0.25) is 4.98 Å². The van der Waals surface area contributed by atoms with Gasteiger partial charge in [0.25, 0.3) is 0 Å². The van der Waals surface area contributed by atoms with Crippen molar-refractivity contribution in [1.82, 2.24) is 19.9 Å². The van der Waals surface area contributed by atoms with Gasteiger partial charge in [-0.05, 0) is 104 Å². The summed E-state index contributed by atoms with van der Waals surface area (Å²) in [7, 11) is 0. The maximum atomic E-state index is 9.53. The number of rotatable bonds is 5. The minimum absolute atomic E-state index is 0.231. The highest BCUT2D eigenvalue weighted by Gasteiger charge is 2.36. The van der Waals surface area contributed by atoms with Crippen molar-refractivity contribution in [3.05, 3.63) is 169 Å². The van der Waals surface area contributed by atoms with E-state index in [4.69, 9.17) is 15.0 Å². The topological polar surface area (TPSA) is 75.3 Å². The van der Waals surface area contributed by atoms with E-state index >= 15 is 0 Å². The number of fused-ring (bicyclic) bond motifs is 4. The third-order valence-corrected chi connectivity index (χ3v) is 9.98. The molecule has 0 spiro atoms. The standard InChI is InChI=1S/C46H31N5/c1-46(2)41-25-33(17-18-39(41)40-24-32-16-15-29(27-47)20-35(32)26-42(40)46)36-21-37(34-14-9-19-48-28-34)23-38(22-36)45-50-43(30-10-5-3-6-11-30)49-44(51-45)31-12-7-4-8-13-31/h3-26,28H,1-2H3. The third-order valence-electron chi connectivity index (χ3n) is 9.98. The van der Waals surface area contributed by atoms with Crippen LogP contribution in [-0.4, -0.2) is 19.9 Å². The molecule has 2 heterocycles. The number of benzene rings is 6. The summed E-state index contributed by atoms with van der Waals surface area (Å²) in [6, 6.07) is 50.3. The summed E-state index contributed by atoms with van der Waals surface area (Å²) in [5, 5.41) is 11.7. The average molecular weight is 654 g/mol. The first-order valence-corrected chi connectivity index (χ1v) is 17.0. The zero-order chi connectivity index (χ0) is 34.5. The summed E-state index contributed by atoms with van der Waals surface area (Å²) in [6.45, 7) is 4.58. The second-order valence-electron chi connectivity index (χ2n) is 13.5. The molecule has 0 bridgehead atoms. The first-order chi connectivity index (χ1) is 24.9. The van der Waals surface area contributed by atoms with Crippen molar-refractivity contribution in [1.29, 1.82) is 5.26 Å². The van der Waals surface area contributed by atoms with Crippen LogP contribution in [0.15, 0.2) is 152 Å². The molecule has 0 radical (unpaired) electrons. The van der Waals surface area contributed by atoms with E-state index in [2.05, 4.69) is 79.5 Å². The van der Waals surface area contributed by atoms with Gasteiger partial charge in [-0.1, -0.05) is 98.8 Å². The predicted molar refractivity (Wildman–Crippen MR) is 205 cm³/mol. The molecule has 6 aromatic carbocycles. The molecule has 0 saturated heterocycles. The lowest BCUT2D eigenvalue weighted by atomic mass is 9.81. The van der Waals surface area contributed by atoms with Crippen molar-refractivity contribution in [2.45, 2.75) is 19.3 Å². The molecule has 9 rings (SSSR count). The lowest BCUT2D eigenvalue weighted by Crippen LogP contribution is -2.15. The monoisotopic (exact) mass is 653 g/mol. The van der Waals surface area contributed by atoms with Gasteiger partial charge in [0.2, 0.25) is 0 Å². The number of nitrogens with zero attached hydrogens (tertiary/aromatic N) is 5. The molecule has 2 aromatic heterocycles. The molecule has 0 atom stereocenters. The molecule has 0 saturated carbocycles. The van der Waals surface area contributed by atoms with Gasteiger partial charge < -0.3 is 0 Å². The highest BCUT2D eigenvalue weighted by atomic mass is 15.0. The van der Waals surface area contributed by atoms with E-state index in [1.54, 1.807) is 6.20 Å². The number of aromatic nitrogens is 4. The van der Waals surface area contributed by atoms with Gasteiger partial charge >= 0.3 is 0 Å². The zero-order valence-electron chi connectivity index (χ0n) is 28.2. The third kappa shape index (κ3) is 5.35. The van der Waals surface area contributed by atoms with Crippen LogP contribution in [0.25, 0.3) is 78.3 Å². The summed E-state index contributed by atoms with van der Waals surface area (Å²) in [6.07, 6.45) is 3.69. The summed E-state index contributed by atoms with van der Waals surface area (Å²) in [5.41, 5.74) is 12.4. The van der Waals surface area contributed by atoms with Crippen LogP contribution in [0.5, 0.6) is 0 Å². The minimum Gasteiger partial charge on any atom is -0.264 e. The number of hydrogen-bond donors (Lipinski definition) is 0. The Morgan fingerprint density at radius 2 is 1.08 bits per heavy atom. The Morgan fingerprint density at radius 3 is 1.73 bits per heavy atom. The first-order valence-electron chi connectivity index (χ1n) is 17.0. The first kappa shape index (κ1) is 30.3. The number of pyridine rings is 1. The largest absolute Gasteiger partial charge is 0.264 e. The molecule has 5 heteroatoms. The fourth-order valence-electron chi connectivity index (χ4n) is 7.29. The Bertz CT molecular complexity index is 2600. The molecular weight excluding hydrogens is 623 g/mol. The molecule has 5 nitrogen and oxygen atoms in total. The fraction of sp³-hybridized carbons (Fsp3) is 0.0652. The molecular formula is C46H31N5. The van der Waals surface area contributed by atoms with E-state index in [-0.39, 0.29) is 5.41 Å². The van der Waals surface area contributed by atoms with Gasteiger partial charge in [0.1, 0.15) is 0 Å². The van der Waals surface area contributed by atoms with Crippen LogP contribution in [0.2, 0.25) is 0 Å². The van der Waals surface area contributed by atoms with Crippen LogP contribution in [0.3, 0.4) is 0 Å². The molecule has 1 aliphatic carbocycles. The SMILES string of the molecule is CC1(C)c2cc(-c3cc(-c4cccnc4)cc(-c4nc(-c5ccccc5)nc(-c5ccccc5)n4)c3)ccc2-c2cc3ccc(C#N)cc3cc21. The number of hydrogen-bond acceptors (Lipinski definition) is 5. The normalized spacial score (nSPS) is 12.6. The van der Waals surface area contributed by atoms with Crippen molar-refractivity contribution in [3.8, 4) is 73.6 Å². The molecule has 1 aliphatic rings. The van der Waals surface area contributed by atoms with Crippen LogP contribution in [0.1, 0.15) is 30.5 Å². The van der Waals surface area contributed by atoms with Crippen molar-refractivity contribution in [3.63, 3.8) is 0 Å². The van der Waals surface area contributed by atoms with E-state index in [1.807, 2.05) is 91.1 Å². The summed E-state index contributed by atoms with van der Waals surface area (Å²) in [4.78, 5) is 19.5. The van der Waals surface area contributed by atoms with Crippen molar-refractivity contribution >= 4 is 10.8 Å². The maximum absolute atomic E-state index is 9.53. The molecule has 0 N–H and O–H groups in total. The quantitative estimate of drug-likeness (QED) is 0.185. The van der Waals surface area contributed by atoms with Gasteiger partial charge in [0, 0.05) is 40.1 Å². The van der Waals surface area contributed by atoms with Crippen LogP contribution in [0.4, 0.5) is 0 Å². The minimum atomic E-state index is -0.231. The zero-order valence-corrected chi connectivity index (χ0v) is 28.2. The molecule has 240 valence electrons. The van der Waals surface area contributed by atoms with Crippen LogP contribution >= 0.6 is 0 Å². The summed E-state index contributed by atoms with van der Waals surface area (Å²) in [5.74, 6) is 1.85. The van der Waals surface area contributed by atoms with E-state index in [0.29, 0.717) is 23.0 Å². The highest BCUT2D eigenvalue weighted by Crippen LogP contribution is 2.51. The number of nitriles is 1. The second kappa shape index (κ2) is 12.0. The van der Waals surface area contributed by atoms with Crippen LogP contribution < -0.4 is 0 Å². The summed E-state index contributed by atoms with van der Waals surface area (Å²) >= 11 is 0. The molecule has 0 unspecified atom stereocenters. The lowest BCUT2D eigenvalue weighted by molar-refractivity contribution is 0.661. The maximum Gasteiger partial charge on any atom is 0.164 e. The highest BCUT2D eigenvalue weighted by molar-refractivity contribution is 5.95. The van der Waals surface area contributed by atoms with E-state index in [1.165, 1.54) is 22.3 Å². The smallest absolute Gasteiger partial charge is 0.164 e. The Labute approximate surface area is 296 Å². The molecule has 8 aromatic rings. The Kier molecular flexibility index (Phi) is 7.12. The van der Waals surface area contributed by atoms with E-state index in [9.17, 15) is 5.26 Å². The van der Waals surface area contributed by atoms with Gasteiger partial charge in [-0.2, -0.15) is 5.26 Å². The van der Waals surface area contributed by atoms with Crippen molar-refractivity contribution < 1.29 is 0 Å². The van der Waals surface area contributed by atoms with Crippen molar-refractivity contribution in [2.24, 2.45) is 0 Å². The van der Waals surface area contributed by atoms with Crippen molar-refractivity contribution in [2.75, 3.05) is 0 Å². The average Bonchev–Trinajstić information content (AvgIpc) is 3.41. The fourth-order valence-corrected chi connectivity index (χ4v) is 7.29. The van der Waals surface area contributed by atoms with Gasteiger partial charge in [-0.15, -0.1) is 0 Å². The Hall–Kier alpha value is -6.77. The Balaban J connectivity index is 1.22. The lowest BCUT2D eigenvalue weighted by Gasteiger charge is -2.22.